The Labute approximate surface area is 159 Å². The number of aromatic nitrogens is 2. The molecular formula is C19H27N7O. The van der Waals surface area contributed by atoms with Crippen LogP contribution in [0.15, 0.2) is 47.7 Å². The number of benzene rings is 1. The molecule has 1 saturated heterocycles. The van der Waals surface area contributed by atoms with Gasteiger partial charge >= 0.3 is 0 Å². The molecule has 1 aliphatic rings. The van der Waals surface area contributed by atoms with Gasteiger partial charge in [-0.05, 0) is 36.6 Å². The standard InChI is InChI=1S/C19H27N7O/c1-21-19(24-16-6-10-25(11-7-16)14-18(20)27)22-13-15-4-2-5-17(12-15)26-9-3-8-23-26/h2-5,8-9,12,16H,6-7,10-11,13-14H2,1H3,(H2,20,27)(H2,21,22,24). The van der Waals surface area contributed by atoms with Gasteiger partial charge in [0, 0.05) is 45.1 Å². The summed E-state index contributed by atoms with van der Waals surface area (Å²) in [5.74, 6) is 0.518. The minimum absolute atomic E-state index is 0.267. The van der Waals surface area contributed by atoms with Crippen LogP contribution < -0.4 is 16.4 Å². The molecule has 1 aliphatic heterocycles. The molecule has 2 aromatic rings. The van der Waals surface area contributed by atoms with E-state index in [1.165, 1.54) is 0 Å². The van der Waals surface area contributed by atoms with Crippen molar-refractivity contribution in [2.45, 2.75) is 25.4 Å². The summed E-state index contributed by atoms with van der Waals surface area (Å²) in [6.07, 6.45) is 5.62. The van der Waals surface area contributed by atoms with Crippen LogP contribution in [0.5, 0.6) is 0 Å². The number of likely N-dealkylation sites (tertiary alicyclic amines) is 1. The van der Waals surface area contributed by atoms with Crippen molar-refractivity contribution < 1.29 is 4.79 Å². The number of hydrogen-bond donors (Lipinski definition) is 3. The number of nitrogens with two attached hydrogens (primary N) is 1. The quantitative estimate of drug-likeness (QED) is 0.508. The van der Waals surface area contributed by atoms with Crippen molar-refractivity contribution in [3.05, 3.63) is 48.3 Å². The van der Waals surface area contributed by atoms with Crippen LogP contribution in [-0.2, 0) is 11.3 Å². The summed E-state index contributed by atoms with van der Waals surface area (Å²) in [5, 5.41) is 11.1. The highest BCUT2D eigenvalue weighted by atomic mass is 16.1. The van der Waals surface area contributed by atoms with Gasteiger partial charge < -0.3 is 16.4 Å². The fraction of sp³-hybridized carbons (Fsp3) is 0.421. The molecule has 27 heavy (non-hydrogen) atoms. The molecule has 1 fully saturated rings. The van der Waals surface area contributed by atoms with Crippen molar-refractivity contribution in [2.75, 3.05) is 26.7 Å². The molecule has 0 bridgehead atoms. The molecule has 1 amide bonds. The predicted octanol–water partition coefficient (Wildman–Crippen LogP) is 0.487. The summed E-state index contributed by atoms with van der Waals surface area (Å²) in [5.41, 5.74) is 7.45. The smallest absolute Gasteiger partial charge is 0.231 e. The molecule has 4 N–H and O–H groups in total. The van der Waals surface area contributed by atoms with Crippen molar-refractivity contribution in [1.82, 2.24) is 25.3 Å². The third-order valence-electron chi connectivity index (χ3n) is 4.67. The first kappa shape index (κ1) is 18.9. The van der Waals surface area contributed by atoms with Crippen LogP contribution in [0.4, 0.5) is 0 Å². The van der Waals surface area contributed by atoms with E-state index in [0.29, 0.717) is 19.1 Å². The number of amides is 1. The third-order valence-corrected chi connectivity index (χ3v) is 4.67. The molecule has 0 aliphatic carbocycles. The normalized spacial score (nSPS) is 16.3. The summed E-state index contributed by atoms with van der Waals surface area (Å²) >= 11 is 0. The first-order valence-corrected chi connectivity index (χ1v) is 9.21. The van der Waals surface area contributed by atoms with Crippen molar-refractivity contribution in [2.24, 2.45) is 10.7 Å². The van der Waals surface area contributed by atoms with E-state index in [2.05, 4.69) is 37.8 Å². The van der Waals surface area contributed by atoms with E-state index in [9.17, 15) is 4.79 Å². The molecule has 0 radical (unpaired) electrons. The summed E-state index contributed by atoms with van der Waals surface area (Å²) in [4.78, 5) is 17.4. The van der Waals surface area contributed by atoms with Gasteiger partial charge in [0.05, 0.1) is 12.2 Å². The van der Waals surface area contributed by atoms with Gasteiger partial charge in [-0.3, -0.25) is 14.7 Å². The highest BCUT2D eigenvalue weighted by Crippen LogP contribution is 2.11. The Morgan fingerprint density at radius 2 is 2.15 bits per heavy atom. The Bertz CT molecular complexity index is 764. The number of guanidine groups is 1. The molecule has 8 nitrogen and oxygen atoms in total. The van der Waals surface area contributed by atoms with Crippen LogP contribution in [-0.4, -0.2) is 59.3 Å². The van der Waals surface area contributed by atoms with E-state index in [1.54, 1.807) is 13.2 Å². The van der Waals surface area contributed by atoms with E-state index < -0.39 is 0 Å². The second kappa shape index (κ2) is 9.18. The fourth-order valence-corrected chi connectivity index (χ4v) is 3.26. The van der Waals surface area contributed by atoms with Gasteiger partial charge in [0.1, 0.15) is 0 Å². The molecule has 144 valence electrons. The number of primary amides is 1. The molecule has 1 aromatic heterocycles. The second-order valence-electron chi connectivity index (χ2n) is 6.71. The van der Waals surface area contributed by atoms with Crippen LogP contribution >= 0.6 is 0 Å². The number of carbonyl (C=O) groups excluding carboxylic acids is 1. The highest BCUT2D eigenvalue weighted by Gasteiger charge is 2.20. The van der Waals surface area contributed by atoms with Crippen LogP contribution in [0.25, 0.3) is 5.69 Å². The maximum absolute atomic E-state index is 11.0. The minimum atomic E-state index is -0.267. The third kappa shape index (κ3) is 5.55. The Kier molecular flexibility index (Phi) is 6.43. The Balaban J connectivity index is 1.49. The van der Waals surface area contributed by atoms with Gasteiger partial charge in [-0.25, -0.2) is 4.68 Å². The van der Waals surface area contributed by atoms with Gasteiger partial charge in [-0.15, -0.1) is 0 Å². The molecule has 8 heteroatoms. The van der Waals surface area contributed by atoms with Crippen molar-refractivity contribution in [1.29, 1.82) is 0 Å². The zero-order valence-electron chi connectivity index (χ0n) is 15.6. The first-order valence-electron chi connectivity index (χ1n) is 9.21. The molecule has 0 spiro atoms. The number of nitrogens with zero attached hydrogens (tertiary/aromatic N) is 4. The van der Waals surface area contributed by atoms with Gasteiger partial charge in [-0.2, -0.15) is 5.10 Å². The van der Waals surface area contributed by atoms with Crippen molar-refractivity contribution in [3.63, 3.8) is 0 Å². The maximum Gasteiger partial charge on any atom is 0.231 e. The van der Waals surface area contributed by atoms with E-state index in [4.69, 9.17) is 5.73 Å². The second-order valence-corrected chi connectivity index (χ2v) is 6.71. The Hall–Kier alpha value is -2.87. The van der Waals surface area contributed by atoms with E-state index in [-0.39, 0.29) is 5.91 Å². The zero-order valence-corrected chi connectivity index (χ0v) is 15.6. The lowest BCUT2D eigenvalue weighted by atomic mass is 10.1. The Morgan fingerprint density at radius 3 is 2.81 bits per heavy atom. The average molecular weight is 369 g/mol. The zero-order chi connectivity index (χ0) is 19.1. The number of hydrogen-bond acceptors (Lipinski definition) is 4. The molecule has 1 aromatic carbocycles. The van der Waals surface area contributed by atoms with E-state index >= 15 is 0 Å². The number of carbonyl (C=O) groups is 1. The lowest BCUT2D eigenvalue weighted by Crippen LogP contribution is -2.49. The number of nitrogens with one attached hydrogen (secondary N) is 2. The summed E-state index contributed by atoms with van der Waals surface area (Å²) in [7, 11) is 1.78. The van der Waals surface area contributed by atoms with Crippen LogP contribution in [0.1, 0.15) is 18.4 Å². The summed E-state index contributed by atoms with van der Waals surface area (Å²) in [6.45, 7) is 2.74. The van der Waals surface area contributed by atoms with Gasteiger partial charge in [-0.1, -0.05) is 12.1 Å². The van der Waals surface area contributed by atoms with Gasteiger partial charge in [0.25, 0.3) is 0 Å². The average Bonchev–Trinajstić information content (AvgIpc) is 3.21. The van der Waals surface area contributed by atoms with Crippen molar-refractivity contribution in [3.8, 4) is 5.69 Å². The van der Waals surface area contributed by atoms with Crippen molar-refractivity contribution >= 4 is 11.9 Å². The molecular weight excluding hydrogens is 342 g/mol. The minimum Gasteiger partial charge on any atom is -0.369 e. The number of rotatable bonds is 6. The van der Waals surface area contributed by atoms with Crippen LogP contribution in [0.2, 0.25) is 0 Å². The number of aliphatic imine (C=N–C) groups is 1. The molecule has 0 atom stereocenters. The molecule has 0 unspecified atom stereocenters. The van der Waals surface area contributed by atoms with Gasteiger partial charge in [0.15, 0.2) is 5.96 Å². The molecule has 3 rings (SSSR count). The SMILES string of the molecule is CN=C(NCc1cccc(-n2cccn2)c1)NC1CCN(CC(N)=O)CC1. The lowest BCUT2D eigenvalue weighted by Gasteiger charge is -2.32. The van der Waals surface area contributed by atoms with Gasteiger partial charge in [0.2, 0.25) is 5.91 Å². The van der Waals surface area contributed by atoms with E-state index in [1.807, 2.05) is 29.1 Å². The summed E-state index contributed by atoms with van der Waals surface area (Å²) < 4.78 is 1.84. The van der Waals surface area contributed by atoms with E-state index in [0.717, 1.165) is 43.1 Å². The largest absolute Gasteiger partial charge is 0.369 e. The fourth-order valence-electron chi connectivity index (χ4n) is 3.26. The van der Waals surface area contributed by atoms with Crippen LogP contribution in [0.3, 0.4) is 0 Å². The Morgan fingerprint density at radius 1 is 1.33 bits per heavy atom. The molecule has 2 heterocycles. The lowest BCUT2D eigenvalue weighted by molar-refractivity contribution is -0.119. The highest BCUT2D eigenvalue weighted by molar-refractivity contribution is 5.80. The summed E-state index contributed by atoms with van der Waals surface area (Å²) in [6, 6.07) is 10.5. The predicted molar refractivity (Wildman–Crippen MR) is 106 cm³/mol. The number of piperidine rings is 1. The first-order chi connectivity index (χ1) is 13.1. The topological polar surface area (TPSA) is 101 Å². The monoisotopic (exact) mass is 369 g/mol. The van der Waals surface area contributed by atoms with Crippen LogP contribution in [0, 0.1) is 0 Å². The molecule has 0 saturated carbocycles. The maximum atomic E-state index is 11.0.